The molecule has 4 rings (SSSR count). The van der Waals surface area contributed by atoms with E-state index in [0.717, 1.165) is 16.0 Å². The van der Waals surface area contributed by atoms with Crippen LogP contribution >= 0.6 is 15.9 Å². The van der Waals surface area contributed by atoms with Crippen LogP contribution in [0.3, 0.4) is 0 Å². The number of amides is 2. The smallest absolute Gasteiger partial charge is 0.274 e. The molecule has 1 aromatic carbocycles. The van der Waals surface area contributed by atoms with Gasteiger partial charge < -0.3 is 0 Å². The number of imide groups is 1. The molecule has 3 aliphatic rings. The fraction of sp³-hybridized carbons (Fsp3) is 0.333. The van der Waals surface area contributed by atoms with E-state index >= 15 is 0 Å². The standard InChI is InChI=1S/C18H15BrN2O4/c1-8(2)14-10-4-5-11(14)16-15(10)17(22)20(18(16)23)12-6-3-9(19)7-13(12)21(24)25/h3-7,10-11,15-16H,1-2H3/t10-,11-,15+,16+/m0/s1. The molecular formula is C18H15BrN2O4. The van der Waals surface area contributed by atoms with E-state index in [1.54, 1.807) is 6.07 Å². The van der Waals surface area contributed by atoms with Gasteiger partial charge in [-0.2, -0.15) is 0 Å². The summed E-state index contributed by atoms with van der Waals surface area (Å²) in [5.74, 6) is -1.72. The number of rotatable bonds is 2. The quantitative estimate of drug-likeness (QED) is 0.327. The van der Waals surface area contributed by atoms with Crippen molar-refractivity contribution in [1.82, 2.24) is 0 Å². The van der Waals surface area contributed by atoms with Crippen molar-refractivity contribution in [1.29, 1.82) is 0 Å². The van der Waals surface area contributed by atoms with Gasteiger partial charge in [-0.15, -0.1) is 0 Å². The van der Waals surface area contributed by atoms with Crippen molar-refractivity contribution in [3.63, 3.8) is 0 Å². The third kappa shape index (κ3) is 2.08. The van der Waals surface area contributed by atoms with Crippen molar-refractivity contribution >= 4 is 39.1 Å². The number of carbonyl (C=O) groups is 2. The Bertz CT molecular complexity index is 866. The zero-order chi connectivity index (χ0) is 18.0. The lowest BCUT2D eigenvalue weighted by molar-refractivity contribution is -0.384. The lowest BCUT2D eigenvalue weighted by atomic mass is 9.85. The minimum Gasteiger partial charge on any atom is -0.274 e. The molecule has 0 N–H and O–H groups in total. The summed E-state index contributed by atoms with van der Waals surface area (Å²) in [6.07, 6.45) is 4.00. The first-order chi connectivity index (χ1) is 11.8. The molecule has 0 radical (unpaired) electrons. The van der Waals surface area contributed by atoms with E-state index in [1.807, 2.05) is 26.0 Å². The summed E-state index contributed by atoms with van der Waals surface area (Å²) in [5.41, 5.74) is 2.09. The van der Waals surface area contributed by atoms with Crippen LogP contribution in [0.1, 0.15) is 13.8 Å². The van der Waals surface area contributed by atoms with Crippen LogP contribution in [0.2, 0.25) is 0 Å². The highest BCUT2D eigenvalue weighted by atomic mass is 79.9. The third-order valence-electron chi connectivity index (χ3n) is 5.37. The molecule has 1 heterocycles. The van der Waals surface area contributed by atoms with Crippen molar-refractivity contribution in [2.75, 3.05) is 4.90 Å². The van der Waals surface area contributed by atoms with Gasteiger partial charge in [0.25, 0.3) is 5.69 Å². The van der Waals surface area contributed by atoms with E-state index in [0.29, 0.717) is 4.47 Å². The fourth-order valence-electron chi connectivity index (χ4n) is 4.50. The summed E-state index contributed by atoms with van der Waals surface area (Å²) in [4.78, 5) is 37.9. The molecule has 6 nitrogen and oxygen atoms in total. The number of fused-ring (bicyclic) bond motifs is 5. The van der Waals surface area contributed by atoms with Gasteiger partial charge >= 0.3 is 0 Å². The Kier molecular flexibility index (Phi) is 3.47. The summed E-state index contributed by atoms with van der Waals surface area (Å²) in [5, 5.41) is 11.4. The van der Waals surface area contributed by atoms with Gasteiger partial charge in [0.15, 0.2) is 0 Å². The minimum atomic E-state index is -0.566. The number of hydrogen-bond donors (Lipinski definition) is 0. The number of nitro groups is 1. The highest BCUT2D eigenvalue weighted by Crippen LogP contribution is 2.57. The highest BCUT2D eigenvalue weighted by Gasteiger charge is 2.62. The second kappa shape index (κ2) is 5.36. The van der Waals surface area contributed by atoms with E-state index in [4.69, 9.17) is 0 Å². The van der Waals surface area contributed by atoms with Crippen LogP contribution in [0.15, 0.2) is 46.0 Å². The molecule has 25 heavy (non-hydrogen) atoms. The van der Waals surface area contributed by atoms with E-state index in [9.17, 15) is 19.7 Å². The average molecular weight is 403 g/mol. The van der Waals surface area contributed by atoms with Gasteiger partial charge in [-0.25, -0.2) is 4.90 Å². The Balaban J connectivity index is 1.81. The summed E-state index contributed by atoms with van der Waals surface area (Å²) in [7, 11) is 0. The van der Waals surface area contributed by atoms with Crippen LogP contribution in [0.5, 0.6) is 0 Å². The highest BCUT2D eigenvalue weighted by molar-refractivity contribution is 9.10. The second-order valence-electron chi connectivity index (χ2n) is 6.85. The Labute approximate surface area is 152 Å². The number of allylic oxidation sites excluding steroid dienone is 4. The summed E-state index contributed by atoms with van der Waals surface area (Å²) < 4.78 is 0.524. The monoisotopic (exact) mass is 402 g/mol. The number of anilines is 1. The number of nitro benzene ring substituents is 1. The third-order valence-corrected chi connectivity index (χ3v) is 5.86. The molecule has 1 saturated carbocycles. The Morgan fingerprint density at radius 3 is 2.16 bits per heavy atom. The molecule has 1 aliphatic heterocycles. The van der Waals surface area contributed by atoms with Crippen LogP contribution in [0, 0.1) is 33.8 Å². The molecule has 7 heteroatoms. The van der Waals surface area contributed by atoms with Crippen LogP contribution in [0.4, 0.5) is 11.4 Å². The Hall–Kier alpha value is -2.28. The predicted octanol–water partition coefficient (Wildman–Crippen LogP) is 3.62. The predicted molar refractivity (Wildman–Crippen MR) is 94.8 cm³/mol. The van der Waals surface area contributed by atoms with Gasteiger partial charge in [0, 0.05) is 22.4 Å². The first kappa shape index (κ1) is 16.2. The van der Waals surface area contributed by atoms with Crippen molar-refractivity contribution in [3.05, 3.63) is 56.1 Å². The maximum atomic E-state index is 13.0. The first-order valence-corrected chi connectivity index (χ1v) is 8.79. The summed E-state index contributed by atoms with van der Waals surface area (Å²) >= 11 is 3.20. The maximum absolute atomic E-state index is 13.0. The molecule has 0 aromatic heterocycles. The SMILES string of the molecule is CC(C)=C1[C@@H]2C=C[C@@H]1[C@H]1C(=O)N(c3ccc(Br)cc3[N+](=O)[O-])C(=O)[C@@H]12. The fourth-order valence-corrected chi connectivity index (χ4v) is 4.85. The maximum Gasteiger partial charge on any atom is 0.294 e. The Morgan fingerprint density at radius 2 is 1.68 bits per heavy atom. The number of nitrogens with zero attached hydrogens (tertiary/aromatic N) is 2. The molecule has 1 saturated heterocycles. The van der Waals surface area contributed by atoms with E-state index < -0.39 is 16.8 Å². The number of halogens is 1. The molecular weight excluding hydrogens is 388 g/mol. The molecule has 2 bridgehead atoms. The van der Waals surface area contributed by atoms with Gasteiger partial charge in [0.1, 0.15) is 5.69 Å². The van der Waals surface area contributed by atoms with Crippen LogP contribution in [0.25, 0.3) is 0 Å². The van der Waals surface area contributed by atoms with Crippen molar-refractivity contribution in [3.8, 4) is 0 Å². The lowest BCUT2D eigenvalue weighted by Gasteiger charge is -2.19. The Morgan fingerprint density at radius 1 is 1.12 bits per heavy atom. The molecule has 0 unspecified atom stereocenters. The van der Waals surface area contributed by atoms with Gasteiger partial charge in [0.2, 0.25) is 11.8 Å². The van der Waals surface area contributed by atoms with E-state index in [2.05, 4.69) is 15.9 Å². The van der Waals surface area contributed by atoms with Crippen molar-refractivity contribution in [2.24, 2.45) is 23.7 Å². The number of carbonyl (C=O) groups excluding carboxylic acids is 2. The second-order valence-corrected chi connectivity index (χ2v) is 7.76. The van der Waals surface area contributed by atoms with E-state index in [1.165, 1.54) is 12.1 Å². The zero-order valence-electron chi connectivity index (χ0n) is 13.6. The molecule has 4 atom stereocenters. The van der Waals surface area contributed by atoms with Gasteiger partial charge in [-0.3, -0.25) is 19.7 Å². The van der Waals surface area contributed by atoms with Gasteiger partial charge in [-0.1, -0.05) is 39.2 Å². The number of hydrogen-bond acceptors (Lipinski definition) is 4. The van der Waals surface area contributed by atoms with Gasteiger partial charge in [-0.05, 0) is 26.0 Å². The van der Waals surface area contributed by atoms with Crippen molar-refractivity contribution in [2.45, 2.75) is 13.8 Å². The molecule has 2 fully saturated rings. The number of benzene rings is 1. The molecule has 128 valence electrons. The molecule has 2 aliphatic carbocycles. The van der Waals surface area contributed by atoms with Gasteiger partial charge in [0.05, 0.1) is 16.8 Å². The lowest BCUT2D eigenvalue weighted by Crippen LogP contribution is -2.33. The van der Waals surface area contributed by atoms with Crippen LogP contribution < -0.4 is 4.90 Å². The molecule has 2 amide bonds. The summed E-state index contributed by atoms with van der Waals surface area (Å²) in [6, 6.07) is 4.37. The largest absolute Gasteiger partial charge is 0.294 e. The van der Waals surface area contributed by atoms with Crippen LogP contribution in [-0.4, -0.2) is 16.7 Å². The molecule has 0 spiro atoms. The minimum absolute atomic E-state index is 0.0516. The average Bonchev–Trinajstić information content (AvgIpc) is 3.18. The van der Waals surface area contributed by atoms with Crippen LogP contribution in [-0.2, 0) is 9.59 Å². The topological polar surface area (TPSA) is 80.5 Å². The summed E-state index contributed by atoms with van der Waals surface area (Å²) in [6.45, 7) is 3.99. The first-order valence-electron chi connectivity index (χ1n) is 8.00. The molecule has 1 aromatic rings. The zero-order valence-corrected chi connectivity index (χ0v) is 15.2. The van der Waals surface area contributed by atoms with Crippen molar-refractivity contribution < 1.29 is 14.5 Å². The normalized spacial score (nSPS) is 29.6. The van der Waals surface area contributed by atoms with E-state index in [-0.39, 0.29) is 35.0 Å².